The fourth-order valence-electron chi connectivity index (χ4n) is 2.66. The molecule has 2 aromatic carbocycles. The van der Waals surface area contributed by atoms with Gasteiger partial charge >= 0.3 is 0 Å². The third kappa shape index (κ3) is 6.91. The van der Waals surface area contributed by atoms with Crippen LogP contribution >= 0.6 is 0 Å². The second-order valence-electron chi connectivity index (χ2n) is 5.97. The minimum Gasteiger partial charge on any atom is -0.380 e. The number of hydrogen-bond acceptors (Lipinski definition) is 3. The van der Waals surface area contributed by atoms with Crippen LogP contribution in [0.2, 0.25) is 0 Å². The molecule has 0 aliphatic heterocycles. The highest BCUT2D eigenvalue weighted by molar-refractivity contribution is 5.78. The molecule has 0 atom stereocenters. The molecule has 0 bridgehead atoms. The molecule has 0 saturated carbocycles. The average molecular weight is 338 g/mol. The van der Waals surface area contributed by atoms with Gasteiger partial charge in [-0.15, -0.1) is 6.58 Å². The van der Waals surface area contributed by atoms with Crippen molar-refractivity contribution in [1.29, 1.82) is 0 Å². The van der Waals surface area contributed by atoms with Crippen molar-refractivity contribution >= 4 is 5.91 Å². The van der Waals surface area contributed by atoms with Crippen LogP contribution in [0.3, 0.4) is 0 Å². The standard InChI is InChI=1S/C21H26N2O2/c1-3-12-23(15-18-8-5-4-6-9-18)16-21(24)22-14-19-10-7-11-20(13-19)17-25-2/h3-11,13H,1,12,14-17H2,2H3,(H,22,24). The second kappa shape index (κ2) is 10.4. The number of amides is 1. The van der Waals surface area contributed by atoms with E-state index in [0.717, 1.165) is 17.7 Å². The average Bonchev–Trinajstić information content (AvgIpc) is 2.62. The van der Waals surface area contributed by atoms with Gasteiger partial charge in [0.15, 0.2) is 0 Å². The van der Waals surface area contributed by atoms with Crippen molar-refractivity contribution in [2.45, 2.75) is 19.7 Å². The van der Waals surface area contributed by atoms with E-state index in [1.807, 2.05) is 42.5 Å². The third-order valence-corrected chi connectivity index (χ3v) is 3.80. The number of carbonyl (C=O) groups excluding carboxylic acids is 1. The van der Waals surface area contributed by atoms with Crippen molar-refractivity contribution in [2.24, 2.45) is 0 Å². The van der Waals surface area contributed by atoms with E-state index in [4.69, 9.17) is 4.74 Å². The van der Waals surface area contributed by atoms with E-state index in [0.29, 0.717) is 26.2 Å². The highest BCUT2D eigenvalue weighted by Gasteiger charge is 2.10. The molecule has 2 aromatic rings. The van der Waals surface area contributed by atoms with Crippen molar-refractivity contribution in [1.82, 2.24) is 10.2 Å². The summed E-state index contributed by atoms with van der Waals surface area (Å²) in [4.78, 5) is 14.4. The molecule has 25 heavy (non-hydrogen) atoms. The van der Waals surface area contributed by atoms with Crippen molar-refractivity contribution in [3.63, 3.8) is 0 Å². The molecule has 0 saturated heterocycles. The Morgan fingerprint density at radius 1 is 1.12 bits per heavy atom. The lowest BCUT2D eigenvalue weighted by atomic mass is 10.1. The van der Waals surface area contributed by atoms with Gasteiger partial charge in [0.25, 0.3) is 0 Å². The smallest absolute Gasteiger partial charge is 0.234 e. The van der Waals surface area contributed by atoms with E-state index >= 15 is 0 Å². The van der Waals surface area contributed by atoms with Crippen LogP contribution in [0.15, 0.2) is 67.3 Å². The Bertz CT molecular complexity index is 671. The fourth-order valence-corrected chi connectivity index (χ4v) is 2.66. The highest BCUT2D eigenvalue weighted by Crippen LogP contribution is 2.07. The summed E-state index contributed by atoms with van der Waals surface area (Å²) in [6, 6.07) is 18.2. The Kier molecular flexibility index (Phi) is 7.89. The molecule has 132 valence electrons. The van der Waals surface area contributed by atoms with Gasteiger partial charge in [0.1, 0.15) is 0 Å². The zero-order valence-electron chi connectivity index (χ0n) is 14.8. The third-order valence-electron chi connectivity index (χ3n) is 3.80. The van der Waals surface area contributed by atoms with E-state index in [9.17, 15) is 4.79 Å². The van der Waals surface area contributed by atoms with Gasteiger partial charge in [0.2, 0.25) is 5.91 Å². The van der Waals surface area contributed by atoms with Gasteiger partial charge < -0.3 is 10.1 Å². The summed E-state index contributed by atoms with van der Waals surface area (Å²) in [5.41, 5.74) is 3.36. The SMILES string of the molecule is C=CCN(CC(=O)NCc1cccc(COC)c1)Cc1ccccc1. The molecule has 0 aliphatic carbocycles. The van der Waals surface area contributed by atoms with Crippen LogP contribution in [-0.2, 0) is 29.2 Å². The Hall–Kier alpha value is -2.43. The first-order valence-electron chi connectivity index (χ1n) is 8.42. The minimum atomic E-state index is 0.00919. The zero-order chi connectivity index (χ0) is 17.9. The number of nitrogens with one attached hydrogen (secondary N) is 1. The maximum Gasteiger partial charge on any atom is 0.234 e. The maximum absolute atomic E-state index is 12.3. The predicted molar refractivity (Wildman–Crippen MR) is 101 cm³/mol. The van der Waals surface area contributed by atoms with Gasteiger partial charge in [0, 0.05) is 26.7 Å². The number of hydrogen-bond donors (Lipinski definition) is 1. The number of benzene rings is 2. The second-order valence-corrected chi connectivity index (χ2v) is 5.97. The molecule has 0 aromatic heterocycles. The quantitative estimate of drug-likeness (QED) is 0.677. The molecular weight excluding hydrogens is 312 g/mol. The van der Waals surface area contributed by atoms with Crippen LogP contribution in [-0.4, -0.2) is 31.0 Å². The van der Waals surface area contributed by atoms with E-state index in [1.165, 1.54) is 5.56 Å². The van der Waals surface area contributed by atoms with Crippen LogP contribution in [0.1, 0.15) is 16.7 Å². The number of carbonyl (C=O) groups is 1. The molecule has 1 amide bonds. The number of nitrogens with zero attached hydrogens (tertiary/aromatic N) is 1. The molecule has 0 heterocycles. The Balaban J connectivity index is 1.86. The van der Waals surface area contributed by atoms with Gasteiger partial charge in [-0.2, -0.15) is 0 Å². The first kappa shape index (κ1) is 18.9. The lowest BCUT2D eigenvalue weighted by Gasteiger charge is -2.20. The van der Waals surface area contributed by atoms with Crippen LogP contribution in [0.25, 0.3) is 0 Å². The monoisotopic (exact) mass is 338 g/mol. The fraction of sp³-hybridized carbons (Fsp3) is 0.286. The summed E-state index contributed by atoms with van der Waals surface area (Å²) >= 11 is 0. The normalized spacial score (nSPS) is 10.6. The number of rotatable bonds is 10. The molecule has 1 N–H and O–H groups in total. The summed E-state index contributed by atoms with van der Waals surface area (Å²) in [5.74, 6) is 0.00919. The number of methoxy groups -OCH3 is 1. The molecule has 0 aliphatic rings. The maximum atomic E-state index is 12.3. The van der Waals surface area contributed by atoms with Crippen LogP contribution in [0, 0.1) is 0 Å². The van der Waals surface area contributed by atoms with Crippen molar-refractivity contribution in [2.75, 3.05) is 20.2 Å². The summed E-state index contributed by atoms with van der Waals surface area (Å²) in [5, 5.41) is 2.99. The van der Waals surface area contributed by atoms with Crippen LogP contribution in [0.5, 0.6) is 0 Å². The Morgan fingerprint density at radius 3 is 2.56 bits per heavy atom. The lowest BCUT2D eigenvalue weighted by Crippen LogP contribution is -2.36. The largest absolute Gasteiger partial charge is 0.380 e. The summed E-state index contributed by atoms with van der Waals surface area (Å²) < 4.78 is 5.14. The van der Waals surface area contributed by atoms with E-state index in [-0.39, 0.29) is 5.91 Å². The topological polar surface area (TPSA) is 41.6 Å². The van der Waals surface area contributed by atoms with Gasteiger partial charge in [-0.1, -0.05) is 60.7 Å². The van der Waals surface area contributed by atoms with E-state index < -0.39 is 0 Å². The van der Waals surface area contributed by atoms with Crippen molar-refractivity contribution < 1.29 is 9.53 Å². The Labute approximate surface area is 150 Å². The molecule has 4 heteroatoms. The summed E-state index contributed by atoms with van der Waals surface area (Å²) in [7, 11) is 1.68. The van der Waals surface area contributed by atoms with Crippen LogP contribution in [0.4, 0.5) is 0 Å². The first-order valence-corrected chi connectivity index (χ1v) is 8.42. The molecule has 4 nitrogen and oxygen atoms in total. The van der Waals surface area contributed by atoms with Gasteiger partial charge in [0.05, 0.1) is 13.2 Å². The highest BCUT2D eigenvalue weighted by atomic mass is 16.5. The lowest BCUT2D eigenvalue weighted by molar-refractivity contribution is -0.122. The van der Waals surface area contributed by atoms with E-state index in [2.05, 4.69) is 35.0 Å². The minimum absolute atomic E-state index is 0.00919. The predicted octanol–water partition coefficient (Wildman–Crippen LogP) is 3.14. The van der Waals surface area contributed by atoms with Crippen LogP contribution < -0.4 is 5.32 Å². The van der Waals surface area contributed by atoms with Crippen molar-refractivity contribution in [3.05, 3.63) is 83.9 Å². The molecule has 0 unspecified atom stereocenters. The molecule has 0 radical (unpaired) electrons. The number of ether oxygens (including phenoxy) is 1. The van der Waals surface area contributed by atoms with E-state index in [1.54, 1.807) is 7.11 Å². The molecular formula is C21H26N2O2. The van der Waals surface area contributed by atoms with Gasteiger partial charge in [-0.05, 0) is 16.7 Å². The first-order chi connectivity index (χ1) is 12.2. The molecule has 0 fully saturated rings. The molecule has 0 spiro atoms. The zero-order valence-corrected chi connectivity index (χ0v) is 14.8. The Morgan fingerprint density at radius 2 is 1.84 bits per heavy atom. The summed E-state index contributed by atoms with van der Waals surface area (Å²) in [6.45, 7) is 6.62. The van der Waals surface area contributed by atoms with Gasteiger partial charge in [-0.25, -0.2) is 0 Å². The molecule has 2 rings (SSSR count). The summed E-state index contributed by atoms with van der Waals surface area (Å²) in [6.07, 6.45) is 1.82. The van der Waals surface area contributed by atoms with Gasteiger partial charge in [-0.3, -0.25) is 9.69 Å². The van der Waals surface area contributed by atoms with Crippen molar-refractivity contribution in [3.8, 4) is 0 Å².